The molecule has 0 aromatic heterocycles. The molecule has 2 heterocycles. The van der Waals surface area contributed by atoms with Crippen molar-refractivity contribution in [2.45, 2.75) is 76.8 Å². The minimum Gasteiger partial charge on any atom is -0.497 e. The lowest BCUT2D eigenvalue weighted by molar-refractivity contribution is -0.269. The van der Waals surface area contributed by atoms with Crippen molar-refractivity contribution in [3.63, 3.8) is 0 Å². The summed E-state index contributed by atoms with van der Waals surface area (Å²) in [5, 5.41) is 10.4. The number of carbonyl (C=O) groups is 3. The molecule has 1 saturated heterocycles. The molecule has 0 amide bonds. The number of allylic oxidation sites excluding steroid dienone is 3. The highest BCUT2D eigenvalue weighted by Crippen LogP contribution is 2.43. The lowest BCUT2D eigenvalue weighted by Gasteiger charge is -2.43. The standard InChI is InChI=1S/C26H32O9/c1-16-8-4-6-14-25(16)32-21(27)19(22(28)33-25)12-10-18(31-3)11-13-20-23(29)34-26(35-24(20)30)15-7-5-9-17(26)2/h10-13,16-17,27H,4-9,14-15H2,1-3H3/b12-10+,18-11-,20-13?. The number of carbonyl (C=O) groups excluding carboxylic acids is 3. The number of ether oxygens (including phenoxy) is 5. The molecule has 9 nitrogen and oxygen atoms in total. The van der Waals surface area contributed by atoms with E-state index in [9.17, 15) is 19.5 Å². The second kappa shape index (κ2) is 9.79. The zero-order valence-electron chi connectivity index (χ0n) is 20.3. The van der Waals surface area contributed by atoms with E-state index in [1.807, 2.05) is 13.8 Å². The van der Waals surface area contributed by atoms with Crippen LogP contribution in [0.5, 0.6) is 0 Å². The van der Waals surface area contributed by atoms with Gasteiger partial charge in [-0.05, 0) is 50.0 Å². The molecule has 4 rings (SSSR count). The lowest BCUT2D eigenvalue weighted by Crippen LogP contribution is -2.52. The molecule has 0 aromatic rings. The third-order valence-electron chi connectivity index (χ3n) is 7.35. The van der Waals surface area contributed by atoms with Gasteiger partial charge < -0.3 is 28.8 Å². The van der Waals surface area contributed by atoms with Crippen LogP contribution in [0, 0.1) is 11.8 Å². The van der Waals surface area contributed by atoms with Crippen molar-refractivity contribution in [2.75, 3.05) is 7.11 Å². The first-order chi connectivity index (χ1) is 16.7. The Balaban J connectivity index is 1.49. The Labute approximate surface area is 204 Å². The number of hydrogen-bond acceptors (Lipinski definition) is 9. The molecule has 1 N–H and O–H groups in total. The van der Waals surface area contributed by atoms with Gasteiger partial charge in [0.2, 0.25) is 0 Å². The molecule has 3 atom stereocenters. The number of aliphatic hydroxyl groups excluding tert-OH is 1. The van der Waals surface area contributed by atoms with Gasteiger partial charge in [-0.15, -0.1) is 0 Å². The fourth-order valence-corrected chi connectivity index (χ4v) is 5.05. The van der Waals surface area contributed by atoms with Crippen LogP contribution in [0.25, 0.3) is 0 Å². The summed E-state index contributed by atoms with van der Waals surface area (Å²) in [6.07, 6.45) is 11.6. The molecular formula is C26H32O9. The first-order valence-electron chi connectivity index (χ1n) is 12.2. The minimum atomic E-state index is -1.20. The van der Waals surface area contributed by atoms with Gasteiger partial charge in [0.15, 0.2) is 0 Å². The second-order valence-corrected chi connectivity index (χ2v) is 9.59. The SMILES string of the molecule is COC(=C\C=C1C(=O)OC2(CCCCC2C)OC1=O)/C=C/C1=C(O)OC2(CCCCC2C)OC1=O. The molecule has 0 radical (unpaired) electrons. The summed E-state index contributed by atoms with van der Waals surface area (Å²) >= 11 is 0. The largest absolute Gasteiger partial charge is 0.497 e. The second-order valence-electron chi connectivity index (χ2n) is 9.59. The average Bonchev–Trinajstić information content (AvgIpc) is 2.80. The predicted molar refractivity (Wildman–Crippen MR) is 122 cm³/mol. The molecule has 2 spiro atoms. The van der Waals surface area contributed by atoms with E-state index in [4.69, 9.17) is 23.7 Å². The Kier molecular flexibility index (Phi) is 6.96. The monoisotopic (exact) mass is 488 g/mol. The summed E-state index contributed by atoms with van der Waals surface area (Å²) < 4.78 is 27.7. The van der Waals surface area contributed by atoms with Gasteiger partial charge in [-0.25, -0.2) is 14.4 Å². The normalized spacial score (nSPS) is 34.0. The van der Waals surface area contributed by atoms with E-state index in [-0.39, 0.29) is 28.7 Å². The van der Waals surface area contributed by atoms with Crippen molar-refractivity contribution < 1.29 is 43.2 Å². The first kappa shape index (κ1) is 24.9. The lowest BCUT2D eigenvalue weighted by atomic mass is 9.84. The van der Waals surface area contributed by atoms with Crippen molar-refractivity contribution in [1.82, 2.24) is 0 Å². The summed E-state index contributed by atoms with van der Waals surface area (Å²) in [6.45, 7) is 3.83. The molecule has 190 valence electrons. The number of hydrogen-bond donors (Lipinski definition) is 1. The Bertz CT molecular complexity index is 998. The quantitative estimate of drug-likeness (QED) is 0.204. The van der Waals surface area contributed by atoms with Gasteiger partial charge in [-0.1, -0.05) is 26.7 Å². The maximum atomic E-state index is 12.6. The Hall–Kier alpha value is -3.23. The fourth-order valence-electron chi connectivity index (χ4n) is 5.05. The molecule has 2 aliphatic heterocycles. The number of esters is 3. The number of methoxy groups -OCH3 is 1. The van der Waals surface area contributed by atoms with E-state index in [1.165, 1.54) is 31.4 Å². The Morgan fingerprint density at radius 1 is 0.886 bits per heavy atom. The molecule has 0 aromatic carbocycles. The molecule has 4 aliphatic rings. The highest BCUT2D eigenvalue weighted by molar-refractivity contribution is 6.15. The van der Waals surface area contributed by atoms with Crippen LogP contribution >= 0.6 is 0 Å². The van der Waals surface area contributed by atoms with Crippen LogP contribution in [0.2, 0.25) is 0 Å². The first-order valence-corrected chi connectivity index (χ1v) is 12.2. The van der Waals surface area contributed by atoms with Gasteiger partial charge >= 0.3 is 17.9 Å². The van der Waals surface area contributed by atoms with Gasteiger partial charge in [-0.2, -0.15) is 0 Å². The molecular weight excluding hydrogens is 456 g/mol. The van der Waals surface area contributed by atoms with Crippen molar-refractivity contribution in [2.24, 2.45) is 11.8 Å². The van der Waals surface area contributed by atoms with Gasteiger partial charge in [0.1, 0.15) is 16.9 Å². The molecule has 9 heteroatoms. The van der Waals surface area contributed by atoms with E-state index < -0.39 is 35.4 Å². The number of aliphatic hydroxyl groups is 1. The van der Waals surface area contributed by atoms with Crippen molar-refractivity contribution in [3.05, 3.63) is 47.2 Å². The Morgan fingerprint density at radius 2 is 1.43 bits per heavy atom. The summed E-state index contributed by atoms with van der Waals surface area (Å²) in [5.74, 6) is -4.96. The highest BCUT2D eigenvalue weighted by Gasteiger charge is 2.51. The number of rotatable bonds is 4. The summed E-state index contributed by atoms with van der Waals surface area (Å²) in [6, 6.07) is 0. The van der Waals surface area contributed by atoms with E-state index >= 15 is 0 Å². The van der Waals surface area contributed by atoms with Crippen molar-refractivity contribution >= 4 is 17.9 Å². The fraction of sp³-hybridized carbons (Fsp3) is 0.577. The van der Waals surface area contributed by atoms with Crippen LogP contribution in [-0.4, -0.2) is 41.7 Å². The zero-order valence-corrected chi connectivity index (χ0v) is 20.3. The van der Waals surface area contributed by atoms with Crippen molar-refractivity contribution in [1.29, 1.82) is 0 Å². The van der Waals surface area contributed by atoms with Crippen LogP contribution in [0.15, 0.2) is 47.2 Å². The third kappa shape index (κ3) is 4.81. The summed E-state index contributed by atoms with van der Waals surface area (Å²) in [7, 11) is 1.38. The Morgan fingerprint density at radius 3 is 1.94 bits per heavy atom. The zero-order chi connectivity index (χ0) is 25.2. The van der Waals surface area contributed by atoms with E-state index in [2.05, 4.69) is 0 Å². The summed E-state index contributed by atoms with van der Waals surface area (Å²) in [5.41, 5.74) is -0.416. The van der Waals surface area contributed by atoms with E-state index in [1.54, 1.807) is 0 Å². The molecule has 3 fully saturated rings. The predicted octanol–water partition coefficient (Wildman–Crippen LogP) is 4.26. The van der Waals surface area contributed by atoms with E-state index in [0.717, 1.165) is 38.5 Å². The van der Waals surface area contributed by atoms with Crippen LogP contribution in [0.3, 0.4) is 0 Å². The third-order valence-corrected chi connectivity index (χ3v) is 7.35. The molecule has 2 aliphatic carbocycles. The smallest absolute Gasteiger partial charge is 0.348 e. The van der Waals surface area contributed by atoms with Gasteiger partial charge in [0.05, 0.1) is 7.11 Å². The van der Waals surface area contributed by atoms with Gasteiger partial charge in [0.25, 0.3) is 17.5 Å². The van der Waals surface area contributed by atoms with Crippen LogP contribution in [0.1, 0.15) is 65.2 Å². The molecule has 3 unspecified atom stereocenters. The van der Waals surface area contributed by atoms with Crippen LogP contribution < -0.4 is 0 Å². The van der Waals surface area contributed by atoms with E-state index in [0.29, 0.717) is 12.8 Å². The molecule has 0 bridgehead atoms. The highest BCUT2D eigenvalue weighted by atomic mass is 16.8. The van der Waals surface area contributed by atoms with Crippen molar-refractivity contribution in [3.8, 4) is 0 Å². The maximum absolute atomic E-state index is 12.6. The molecule has 2 saturated carbocycles. The maximum Gasteiger partial charge on any atom is 0.348 e. The summed E-state index contributed by atoms with van der Waals surface area (Å²) in [4.78, 5) is 37.8. The van der Waals surface area contributed by atoms with Crippen LogP contribution in [0.4, 0.5) is 0 Å². The minimum absolute atomic E-state index is 0.0420. The van der Waals surface area contributed by atoms with Gasteiger partial charge in [0, 0.05) is 24.7 Å². The topological polar surface area (TPSA) is 118 Å². The molecule has 35 heavy (non-hydrogen) atoms. The van der Waals surface area contributed by atoms with Gasteiger partial charge in [-0.3, -0.25) is 0 Å². The van der Waals surface area contributed by atoms with Crippen LogP contribution in [-0.2, 0) is 38.1 Å². The average molecular weight is 489 g/mol.